The first-order valence-electron chi connectivity index (χ1n) is 12.0. The molecule has 0 unspecified atom stereocenters. The van der Waals surface area contributed by atoms with Gasteiger partial charge in [0.05, 0.1) is 0 Å². The van der Waals surface area contributed by atoms with E-state index in [1.54, 1.807) is 12.1 Å². The first-order valence-corrected chi connectivity index (χ1v) is 12.0. The van der Waals surface area contributed by atoms with Gasteiger partial charge in [-0.15, -0.1) is 0 Å². The molecule has 0 saturated carbocycles. The molecule has 6 nitrogen and oxygen atoms in total. The number of nitrogens with zero attached hydrogens (tertiary/aromatic N) is 2. The standard InChI is InChI=1S/C30H24N2O4/c33-27-5-1-3-25-23(27)13-7-19-15-31(17-35-29(19)25)21-9-11-22(12-10-21)32-16-20-8-14-24-26(30(20)36-18-32)4-2-6-28(24)34/h1-14,33-34H,15-18H2. The zero-order valence-corrected chi connectivity index (χ0v) is 19.5. The highest BCUT2D eigenvalue weighted by Gasteiger charge is 2.23. The summed E-state index contributed by atoms with van der Waals surface area (Å²) < 4.78 is 12.3. The molecule has 2 N–H and O–H groups in total. The van der Waals surface area contributed by atoms with E-state index in [0.29, 0.717) is 13.5 Å². The maximum Gasteiger partial charge on any atom is 0.161 e. The van der Waals surface area contributed by atoms with Crippen LogP contribution in [-0.4, -0.2) is 23.7 Å². The van der Waals surface area contributed by atoms with E-state index in [9.17, 15) is 10.2 Å². The van der Waals surface area contributed by atoms with Crippen molar-refractivity contribution in [2.45, 2.75) is 13.1 Å². The lowest BCUT2D eigenvalue weighted by atomic mass is 10.0. The number of rotatable bonds is 2. The smallest absolute Gasteiger partial charge is 0.161 e. The Hall–Kier alpha value is -4.58. The Morgan fingerprint density at radius 1 is 0.500 bits per heavy atom. The zero-order chi connectivity index (χ0) is 24.2. The van der Waals surface area contributed by atoms with E-state index in [-0.39, 0.29) is 11.5 Å². The normalized spacial score (nSPS) is 14.8. The topological polar surface area (TPSA) is 65.4 Å². The molecule has 36 heavy (non-hydrogen) atoms. The van der Waals surface area contributed by atoms with Gasteiger partial charge in [-0.3, -0.25) is 0 Å². The molecule has 0 aliphatic carbocycles. The highest BCUT2D eigenvalue weighted by molar-refractivity contribution is 5.95. The van der Waals surface area contributed by atoms with Crippen LogP contribution in [0.2, 0.25) is 0 Å². The molecule has 2 aliphatic rings. The minimum absolute atomic E-state index is 0.271. The second-order valence-electron chi connectivity index (χ2n) is 9.31. The second kappa shape index (κ2) is 7.99. The Morgan fingerprint density at radius 2 is 0.944 bits per heavy atom. The molecule has 2 aliphatic heterocycles. The molecule has 0 aromatic heterocycles. The summed E-state index contributed by atoms with van der Waals surface area (Å²) in [6.45, 7) is 2.36. The quantitative estimate of drug-likeness (QED) is 0.320. The van der Waals surface area contributed by atoms with Gasteiger partial charge >= 0.3 is 0 Å². The number of fused-ring (bicyclic) bond motifs is 6. The van der Waals surface area contributed by atoms with E-state index in [1.807, 2.05) is 48.5 Å². The van der Waals surface area contributed by atoms with E-state index in [4.69, 9.17) is 9.47 Å². The lowest BCUT2D eigenvalue weighted by molar-refractivity contribution is 0.292. The van der Waals surface area contributed by atoms with Crippen LogP contribution in [0.15, 0.2) is 84.9 Å². The molecule has 5 aromatic rings. The SMILES string of the molecule is Oc1cccc2c3c(ccc12)CN(c1ccc(N2COc4c(ccc5c(O)cccc45)C2)cc1)CO3. The van der Waals surface area contributed by atoms with Crippen molar-refractivity contribution in [1.29, 1.82) is 0 Å². The minimum Gasteiger partial charge on any atom is -0.507 e. The molecule has 178 valence electrons. The monoisotopic (exact) mass is 476 g/mol. The molecule has 0 atom stereocenters. The Morgan fingerprint density at radius 3 is 1.39 bits per heavy atom. The van der Waals surface area contributed by atoms with Crippen molar-refractivity contribution in [2.75, 3.05) is 23.3 Å². The Kier molecular flexibility index (Phi) is 4.61. The third kappa shape index (κ3) is 3.26. The van der Waals surface area contributed by atoms with Crippen molar-refractivity contribution in [2.24, 2.45) is 0 Å². The average molecular weight is 477 g/mol. The number of hydrogen-bond donors (Lipinski definition) is 2. The second-order valence-corrected chi connectivity index (χ2v) is 9.31. The molecular formula is C30H24N2O4. The van der Waals surface area contributed by atoms with Gasteiger partial charge in [-0.2, -0.15) is 0 Å². The number of benzene rings is 5. The van der Waals surface area contributed by atoms with Crippen LogP contribution in [0.1, 0.15) is 11.1 Å². The fraction of sp³-hybridized carbons (Fsp3) is 0.133. The van der Waals surface area contributed by atoms with Gasteiger partial charge in [0.2, 0.25) is 0 Å². The number of phenolic OH excluding ortho intramolecular Hbond substituents is 2. The van der Waals surface area contributed by atoms with Crippen LogP contribution in [0.25, 0.3) is 21.5 Å². The number of ether oxygens (including phenoxy) is 2. The van der Waals surface area contributed by atoms with E-state index in [1.165, 1.54) is 0 Å². The number of anilines is 2. The van der Waals surface area contributed by atoms with E-state index in [2.05, 4.69) is 34.1 Å². The summed E-state index contributed by atoms with van der Waals surface area (Å²) in [6.07, 6.45) is 0. The van der Waals surface area contributed by atoms with Gasteiger partial charge in [0.25, 0.3) is 0 Å². The zero-order valence-electron chi connectivity index (χ0n) is 19.5. The molecule has 0 amide bonds. The fourth-order valence-electron chi connectivity index (χ4n) is 5.30. The lowest BCUT2D eigenvalue weighted by Crippen LogP contribution is -2.33. The van der Waals surface area contributed by atoms with E-state index >= 15 is 0 Å². The minimum atomic E-state index is 0.271. The summed E-state index contributed by atoms with van der Waals surface area (Å²) in [6, 6.07) is 27.5. The summed E-state index contributed by atoms with van der Waals surface area (Å²) in [5.41, 5.74) is 4.37. The Bertz CT molecular complexity index is 1510. The van der Waals surface area contributed by atoms with Gasteiger partial charge in [-0.1, -0.05) is 48.5 Å². The lowest BCUT2D eigenvalue weighted by Gasteiger charge is -2.33. The van der Waals surface area contributed by atoms with Gasteiger partial charge in [0.15, 0.2) is 13.5 Å². The first kappa shape index (κ1) is 20.8. The molecule has 2 heterocycles. The molecular weight excluding hydrogens is 452 g/mol. The summed E-state index contributed by atoms with van der Waals surface area (Å²) in [5.74, 6) is 2.24. The molecule has 6 heteroatoms. The number of aromatic hydroxyl groups is 2. The Balaban J connectivity index is 1.11. The molecule has 0 bridgehead atoms. The van der Waals surface area contributed by atoms with Crippen LogP contribution in [0.4, 0.5) is 11.4 Å². The summed E-state index contributed by atoms with van der Waals surface area (Å²) >= 11 is 0. The maximum atomic E-state index is 10.2. The van der Waals surface area contributed by atoms with E-state index < -0.39 is 0 Å². The van der Waals surface area contributed by atoms with Crippen LogP contribution < -0.4 is 19.3 Å². The average Bonchev–Trinajstić information content (AvgIpc) is 2.92. The van der Waals surface area contributed by atoms with Crippen molar-refractivity contribution in [1.82, 2.24) is 0 Å². The van der Waals surface area contributed by atoms with Gasteiger partial charge in [-0.25, -0.2) is 0 Å². The molecule has 0 fully saturated rings. The Labute approximate surface area is 208 Å². The third-order valence-electron chi connectivity index (χ3n) is 7.17. The molecule has 0 saturated heterocycles. The van der Waals surface area contributed by atoms with Crippen molar-refractivity contribution < 1.29 is 19.7 Å². The van der Waals surface area contributed by atoms with Crippen LogP contribution in [0.5, 0.6) is 23.0 Å². The van der Waals surface area contributed by atoms with Crippen molar-refractivity contribution in [3.8, 4) is 23.0 Å². The fourth-order valence-corrected chi connectivity index (χ4v) is 5.30. The number of hydrogen-bond acceptors (Lipinski definition) is 6. The van der Waals surface area contributed by atoms with Gasteiger partial charge in [0, 0.05) is 57.1 Å². The van der Waals surface area contributed by atoms with Gasteiger partial charge in [0.1, 0.15) is 23.0 Å². The predicted octanol–water partition coefficient (Wildman–Crippen LogP) is 6.12. The summed E-state index contributed by atoms with van der Waals surface area (Å²) in [4.78, 5) is 4.39. The third-order valence-corrected chi connectivity index (χ3v) is 7.17. The van der Waals surface area contributed by atoms with Gasteiger partial charge in [-0.05, 0) is 36.4 Å². The van der Waals surface area contributed by atoms with E-state index in [0.717, 1.165) is 68.6 Å². The van der Waals surface area contributed by atoms with Crippen LogP contribution in [0.3, 0.4) is 0 Å². The highest BCUT2D eigenvalue weighted by atomic mass is 16.5. The summed E-state index contributed by atoms with van der Waals surface area (Å²) in [7, 11) is 0. The molecule has 7 rings (SSSR count). The van der Waals surface area contributed by atoms with Gasteiger partial charge < -0.3 is 29.5 Å². The predicted molar refractivity (Wildman–Crippen MR) is 141 cm³/mol. The van der Waals surface area contributed by atoms with Crippen LogP contribution in [0, 0.1) is 0 Å². The van der Waals surface area contributed by atoms with Crippen molar-refractivity contribution >= 4 is 32.9 Å². The molecule has 0 radical (unpaired) electrons. The highest BCUT2D eigenvalue weighted by Crippen LogP contribution is 2.40. The molecule has 5 aromatic carbocycles. The van der Waals surface area contributed by atoms with Crippen molar-refractivity contribution in [3.05, 3.63) is 96.1 Å². The summed E-state index contributed by atoms with van der Waals surface area (Å²) in [5, 5.41) is 23.8. The first-order chi connectivity index (χ1) is 17.7. The maximum absolute atomic E-state index is 10.2. The van der Waals surface area contributed by atoms with Crippen molar-refractivity contribution in [3.63, 3.8) is 0 Å². The largest absolute Gasteiger partial charge is 0.507 e. The number of phenols is 2. The van der Waals surface area contributed by atoms with Crippen LogP contribution >= 0.6 is 0 Å². The molecule has 0 spiro atoms. The van der Waals surface area contributed by atoms with Crippen LogP contribution in [-0.2, 0) is 13.1 Å².